The Kier molecular flexibility index (Phi) is 3.66. The van der Waals surface area contributed by atoms with Gasteiger partial charge in [-0.25, -0.2) is 0 Å². The lowest BCUT2D eigenvalue weighted by Crippen LogP contribution is -2.40. The van der Waals surface area contributed by atoms with Crippen LogP contribution >= 0.6 is 0 Å². The van der Waals surface area contributed by atoms with Crippen molar-refractivity contribution in [1.29, 1.82) is 0 Å². The first-order valence-electron chi connectivity index (χ1n) is 8.30. The second kappa shape index (κ2) is 5.58. The van der Waals surface area contributed by atoms with E-state index in [-0.39, 0.29) is 5.91 Å². The predicted molar refractivity (Wildman–Crippen MR) is 79.8 cm³/mol. The Balaban J connectivity index is 1.38. The first-order valence-corrected chi connectivity index (χ1v) is 8.30. The fourth-order valence-electron chi connectivity index (χ4n) is 4.36. The SMILES string of the molecule is O=C(O)[C@H]1[C@@H]2C=C[C@@]3(CN(CCCN4CCOCC4)C(=O)[C@@H]13)O2. The van der Waals surface area contributed by atoms with Crippen LogP contribution in [-0.2, 0) is 19.1 Å². The highest BCUT2D eigenvalue weighted by atomic mass is 16.5. The summed E-state index contributed by atoms with van der Waals surface area (Å²) in [4.78, 5) is 28.3. The van der Waals surface area contributed by atoms with Crippen LogP contribution in [0.2, 0.25) is 0 Å². The highest BCUT2D eigenvalue weighted by Crippen LogP contribution is 2.51. The molecule has 23 heavy (non-hydrogen) atoms. The van der Waals surface area contributed by atoms with Crippen LogP contribution in [0, 0.1) is 11.8 Å². The summed E-state index contributed by atoms with van der Waals surface area (Å²) in [5, 5.41) is 9.43. The number of carbonyl (C=O) groups is 2. The number of amides is 1. The number of hydrogen-bond acceptors (Lipinski definition) is 5. The van der Waals surface area contributed by atoms with Crippen molar-refractivity contribution in [3.05, 3.63) is 12.2 Å². The Morgan fingerprint density at radius 2 is 2.13 bits per heavy atom. The van der Waals surface area contributed by atoms with Gasteiger partial charge in [0.15, 0.2) is 0 Å². The van der Waals surface area contributed by atoms with Gasteiger partial charge in [-0.3, -0.25) is 14.5 Å². The molecule has 3 fully saturated rings. The number of carboxylic acids is 1. The molecular weight excluding hydrogens is 300 g/mol. The van der Waals surface area contributed by atoms with Crippen LogP contribution in [-0.4, -0.2) is 84.4 Å². The zero-order chi connectivity index (χ0) is 16.0. The standard InChI is InChI=1S/C16H22N2O5/c19-14-13-12(15(20)21)11-2-3-16(13,23-11)10-18(14)5-1-4-17-6-8-22-9-7-17/h2-3,11-13H,1,4-10H2,(H,20,21)/t11-,12-,13+,16-/m0/s1. The normalized spacial score (nSPS) is 39.2. The second-order valence-electron chi connectivity index (χ2n) is 6.81. The summed E-state index contributed by atoms with van der Waals surface area (Å²) in [6, 6.07) is 0. The number of nitrogens with zero attached hydrogens (tertiary/aromatic N) is 2. The molecular formula is C16H22N2O5. The zero-order valence-corrected chi connectivity index (χ0v) is 13.0. The monoisotopic (exact) mass is 322 g/mol. The number of ether oxygens (including phenoxy) is 2. The molecule has 0 aromatic heterocycles. The molecule has 1 N–H and O–H groups in total. The van der Waals surface area contributed by atoms with Crippen molar-refractivity contribution in [3.63, 3.8) is 0 Å². The van der Waals surface area contributed by atoms with Gasteiger partial charge in [-0.15, -0.1) is 0 Å². The minimum atomic E-state index is -0.935. The average Bonchev–Trinajstić information content (AvgIpc) is 3.17. The van der Waals surface area contributed by atoms with Gasteiger partial charge in [-0.05, 0) is 6.42 Å². The number of rotatable bonds is 5. The first kappa shape index (κ1) is 15.1. The van der Waals surface area contributed by atoms with Crippen molar-refractivity contribution in [2.24, 2.45) is 11.8 Å². The van der Waals surface area contributed by atoms with Crippen LogP contribution in [0.1, 0.15) is 6.42 Å². The van der Waals surface area contributed by atoms with E-state index in [2.05, 4.69) is 4.90 Å². The molecule has 1 amide bonds. The summed E-state index contributed by atoms with van der Waals surface area (Å²) >= 11 is 0. The molecule has 2 bridgehead atoms. The third kappa shape index (κ3) is 2.38. The molecule has 0 aromatic carbocycles. The molecule has 0 aromatic rings. The molecule has 0 saturated carbocycles. The van der Waals surface area contributed by atoms with Crippen LogP contribution < -0.4 is 0 Å². The van der Waals surface area contributed by atoms with Crippen LogP contribution in [0.15, 0.2) is 12.2 Å². The van der Waals surface area contributed by atoms with Crippen LogP contribution in [0.4, 0.5) is 0 Å². The van der Waals surface area contributed by atoms with E-state index >= 15 is 0 Å². The first-order chi connectivity index (χ1) is 11.1. The number of carbonyl (C=O) groups excluding carboxylic acids is 1. The number of morpholine rings is 1. The molecule has 4 heterocycles. The molecule has 126 valence electrons. The molecule has 4 aliphatic rings. The number of likely N-dealkylation sites (tertiary alicyclic amines) is 1. The average molecular weight is 322 g/mol. The Bertz CT molecular complexity index is 545. The number of hydrogen-bond donors (Lipinski definition) is 1. The van der Waals surface area contributed by atoms with Gasteiger partial charge in [-0.1, -0.05) is 12.2 Å². The van der Waals surface area contributed by atoms with E-state index in [4.69, 9.17) is 9.47 Å². The summed E-state index contributed by atoms with van der Waals surface area (Å²) < 4.78 is 11.2. The fourth-order valence-corrected chi connectivity index (χ4v) is 4.36. The lowest BCUT2D eigenvalue weighted by atomic mass is 9.77. The maximum Gasteiger partial charge on any atom is 0.310 e. The highest BCUT2D eigenvalue weighted by Gasteiger charge is 2.66. The molecule has 7 nitrogen and oxygen atoms in total. The summed E-state index contributed by atoms with van der Waals surface area (Å²) in [5.74, 6) is -2.30. The van der Waals surface area contributed by atoms with E-state index in [9.17, 15) is 14.7 Å². The molecule has 0 radical (unpaired) electrons. The molecule has 7 heteroatoms. The molecule has 3 saturated heterocycles. The lowest BCUT2D eigenvalue weighted by Gasteiger charge is -2.27. The minimum Gasteiger partial charge on any atom is -0.481 e. The van der Waals surface area contributed by atoms with Gasteiger partial charge >= 0.3 is 5.97 Å². The topological polar surface area (TPSA) is 79.3 Å². The molecule has 4 aliphatic heterocycles. The van der Waals surface area contributed by atoms with Crippen LogP contribution in [0.5, 0.6) is 0 Å². The van der Waals surface area contributed by atoms with Crippen LogP contribution in [0.3, 0.4) is 0 Å². The van der Waals surface area contributed by atoms with E-state index in [1.54, 1.807) is 11.0 Å². The van der Waals surface area contributed by atoms with Crippen molar-refractivity contribution in [3.8, 4) is 0 Å². The van der Waals surface area contributed by atoms with Gasteiger partial charge in [0.25, 0.3) is 0 Å². The van der Waals surface area contributed by atoms with E-state index in [1.807, 2.05) is 6.08 Å². The number of aliphatic carboxylic acids is 1. The Morgan fingerprint density at radius 3 is 2.87 bits per heavy atom. The maximum atomic E-state index is 12.7. The Labute approximate surface area is 134 Å². The van der Waals surface area contributed by atoms with Gasteiger partial charge in [0.2, 0.25) is 5.91 Å². The van der Waals surface area contributed by atoms with Crippen molar-refractivity contribution in [2.45, 2.75) is 18.1 Å². The van der Waals surface area contributed by atoms with Crippen molar-refractivity contribution in [2.75, 3.05) is 45.9 Å². The summed E-state index contributed by atoms with van der Waals surface area (Å²) in [6.45, 7) is 5.50. The molecule has 4 atom stereocenters. The van der Waals surface area contributed by atoms with E-state index in [0.717, 1.165) is 39.3 Å². The predicted octanol–water partition coefficient (Wildman–Crippen LogP) is -0.425. The van der Waals surface area contributed by atoms with Crippen molar-refractivity contribution in [1.82, 2.24) is 9.80 Å². The largest absolute Gasteiger partial charge is 0.481 e. The third-order valence-corrected chi connectivity index (χ3v) is 5.47. The second-order valence-corrected chi connectivity index (χ2v) is 6.81. The lowest BCUT2D eigenvalue weighted by molar-refractivity contribution is -0.148. The third-order valence-electron chi connectivity index (χ3n) is 5.47. The fraction of sp³-hybridized carbons (Fsp3) is 0.750. The molecule has 1 spiro atoms. The maximum absolute atomic E-state index is 12.7. The minimum absolute atomic E-state index is 0.0637. The number of carboxylic acid groups (broad SMARTS) is 1. The molecule has 0 aliphatic carbocycles. The Hall–Kier alpha value is -1.44. The molecule has 4 rings (SSSR count). The van der Waals surface area contributed by atoms with Crippen molar-refractivity contribution >= 4 is 11.9 Å². The van der Waals surface area contributed by atoms with E-state index < -0.39 is 29.5 Å². The molecule has 0 unspecified atom stereocenters. The number of fused-ring (bicyclic) bond motifs is 1. The van der Waals surface area contributed by atoms with Gasteiger partial charge in [0.05, 0.1) is 31.8 Å². The summed E-state index contributed by atoms with van der Waals surface area (Å²) in [5.41, 5.74) is -0.705. The quantitative estimate of drug-likeness (QED) is 0.692. The summed E-state index contributed by atoms with van der Waals surface area (Å²) in [7, 11) is 0. The zero-order valence-electron chi connectivity index (χ0n) is 13.0. The highest BCUT2D eigenvalue weighted by molar-refractivity contribution is 5.90. The van der Waals surface area contributed by atoms with Gasteiger partial charge in [-0.2, -0.15) is 0 Å². The Morgan fingerprint density at radius 1 is 1.35 bits per heavy atom. The smallest absolute Gasteiger partial charge is 0.310 e. The summed E-state index contributed by atoms with van der Waals surface area (Å²) in [6.07, 6.45) is 4.15. The van der Waals surface area contributed by atoms with Gasteiger partial charge in [0.1, 0.15) is 11.5 Å². The van der Waals surface area contributed by atoms with Crippen LogP contribution in [0.25, 0.3) is 0 Å². The van der Waals surface area contributed by atoms with E-state index in [1.165, 1.54) is 0 Å². The van der Waals surface area contributed by atoms with E-state index in [0.29, 0.717) is 13.1 Å². The van der Waals surface area contributed by atoms with Gasteiger partial charge < -0.3 is 19.5 Å². The van der Waals surface area contributed by atoms with Gasteiger partial charge in [0, 0.05) is 26.2 Å². The van der Waals surface area contributed by atoms with Crippen molar-refractivity contribution < 1.29 is 24.2 Å².